The van der Waals surface area contributed by atoms with Crippen LogP contribution in [0.25, 0.3) is 5.57 Å². The van der Waals surface area contributed by atoms with E-state index in [-0.39, 0.29) is 30.3 Å². The zero-order chi connectivity index (χ0) is 17.5. The highest BCUT2D eigenvalue weighted by Gasteiger charge is 2.20. The van der Waals surface area contributed by atoms with Crippen molar-refractivity contribution < 1.29 is 15.3 Å². The zero-order valence-electron chi connectivity index (χ0n) is 13.7. The van der Waals surface area contributed by atoms with E-state index in [2.05, 4.69) is 10.9 Å². The maximum absolute atomic E-state index is 9.30. The van der Waals surface area contributed by atoms with Crippen LogP contribution in [-0.2, 0) is 0 Å². The molecule has 1 aliphatic heterocycles. The molecule has 6 nitrogen and oxygen atoms in total. The summed E-state index contributed by atoms with van der Waals surface area (Å²) in [6.07, 6.45) is 2.01. The van der Waals surface area contributed by atoms with E-state index in [1.807, 2.05) is 29.2 Å². The van der Waals surface area contributed by atoms with Gasteiger partial charge in [0.1, 0.15) is 0 Å². The minimum absolute atomic E-state index is 0.00573. The molecule has 0 saturated heterocycles. The maximum atomic E-state index is 9.30. The number of aliphatic hydroxyl groups excluding tert-OH is 3. The minimum Gasteiger partial charge on any atom is -0.399 e. The van der Waals surface area contributed by atoms with E-state index in [1.54, 1.807) is 0 Å². The molecule has 0 radical (unpaired) electrons. The van der Waals surface area contributed by atoms with Gasteiger partial charge in [0.2, 0.25) is 0 Å². The molecular formula is C17H25N3O3S. The number of nitrogens with two attached hydrogens (primary N) is 1. The molecule has 132 valence electrons. The van der Waals surface area contributed by atoms with E-state index < -0.39 is 0 Å². The first kappa shape index (κ1) is 18.7. The van der Waals surface area contributed by atoms with Crippen LogP contribution in [0.2, 0.25) is 0 Å². The Kier molecular flexibility index (Phi) is 6.99. The lowest BCUT2D eigenvalue weighted by atomic mass is 10.0. The summed E-state index contributed by atoms with van der Waals surface area (Å²) in [5, 5.41) is 28.5. The molecular weight excluding hydrogens is 326 g/mol. The van der Waals surface area contributed by atoms with Crippen molar-refractivity contribution in [3.63, 3.8) is 0 Å². The first-order valence-electron chi connectivity index (χ1n) is 7.83. The van der Waals surface area contributed by atoms with Gasteiger partial charge in [0.05, 0.1) is 31.4 Å². The van der Waals surface area contributed by atoms with Crippen LogP contribution in [0.5, 0.6) is 0 Å². The third-order valence-electron chi connectivity index (χ3n) is 3.74. The number of benzene rings is 1. The average Bonchev–Trinajstić information content (AvgIpc) is 2.93. The second kappa shape index (κ2) is 8.98. The van der Waals surface area contributed by atoms with Gasteiger partial charge < -0.3 is 26.0 Å². The van der Waals surface area contributed by atoms with Crippen LogP contribution >= 0.6 is 10.5 Å². The smallest absolute Gasteiger partial charge is 0.0852 e. The lowest BCUT2D eigenvalue weighted by Crippen LogP contribution is -2.30. The summed E-state index contributed by atoms with van der Waals surface area (Å²) in [4.78, 5) is 6.33. The summed E-state index contributed by atoms with van der Waals surface area (Å²) in [5.41, 5.74) is 9.63. The standard InChI is InChI=1S/C17H25N3O3S/c1-24-12-13(10-17(24)19-4-7-21)15-11-14(18)2-3-16(15)20(5-8-22)6-9-23/h2-3,10-11,21-23H,1,4-9,12,18H2. The van der Waals surface area contributed by atoms with Gasteiger partial charge in [-0.25, -0.2) is 0 Å². The SMILES string of the molecule is C=S1CC(c2cc(N)ccc2N(CCO)CCO)=CC1=NCCO. The molecule has 0 saturated carbocycles. The second-order valence-electron chi connectivity index (χ2n) is 5.46. The Morgan fingerprint density at radius 2 is 1.88 bits per heavy atom. The van der Waals surface area contributed by atoms with Gasteiger partial charge >= 0.3 is 0 Å². The van der Waals surface area contributed by atoms with Gasteiger partial charge in [-0.3, -0.25) is 4.99 Å². The molecule has 0 bridgehead atoms. The van der Waals surface area contributed by atoms with Crippen molar-refractivity contribution in [3.05, 3.63) is 29.8 Å². The molecule has 1 atom stereocenters. The van der Waals surface area contributed by atoms with E-state index in [0.717, 1.165) is 27.6 Å². The van der Waals surface area contributed by atoms with Crippen LogP contribution in [0.3, 0.4) is 0 Å². The molecule has 5 N–H and O–H groups in total. The molecule has 7 heteroatoms. The molecule has 0 amide bonds. The number of anilines is 2. The van der Waals surface area contributed by atoms with Crippen LogP contribution in [-0.4, -0.2) is 71.4 Å². The Bertz CT molecular complexity index is 652. The quantitative estimate of drug-likeness (QED) is 0.405. The van der Waals surface area contributed by atoms with Crippen molar-refractivity contribution in [1.82, 2.24) is 0 Å². The first-order chi connectivity index (χ1) is 11.6. The Morgan fingerprint density at radius 3 is 2.50 bits per heavy atom. The summed E-state index contributed by atoms with van der Waals surface area (Å²) >= 11 is 0. The van der Waals surface area contributed by atoms with E-state index in [0.29, 0.717) is 25.3 Å². The van der Waals surface area contributed by atoms with Gasteiger partial charge in [0, 0.05) is 35.8 Å². The van der Waals surface area contributed by atoms with Gasteiger partial charge in [-0.2, -0.15) is 0 Å². The summed E-state index contributed by atoms with van der Waals surface area (Å²) in [6.45, 7) is 1.29. The van der Waals surface area contributed by atoms with Crippen molar-refractivity contribution in [2.45, 2.75) is 0 Å². The highest BCUT2D eigenvalue weighted by molar-refractivity contribution is 8.28. The van der Waals surface area contributed by atoms with Crippen LogP contribution in [0.15, 0.2) is 29.3 Å². The van der Waals surface area contributed by atoms with Gasteiger partial charge in [-0.15, -0.1) is 10.5 Å². The highest BCUT2D eigenvalue weighted by Crippen LogP contribution is 2.37. The summed E-state index contributed by atoms with van der Waals surface area (Å²) in [6, 6.07) is 5.65. The fourth-order valence-corrected chi connectivity index (χ4v) is 4.01. The number of nitrogen functional groups attached to an aromatic ring is 1. The average molecular weight is 351 g/mol. The van der Waals surface area contributed by atoms with Gasteiger partial charge in [0.25, 0.3) is 0 Å². The fourth-order valence-electron chi connectivity index (χ4n) is 2.67. The lowest BCUT2D eigenvalue weighted by Gasteiger charge is -2.26. The Balaban J connectivity index is 2.42. The lowest BCUT2D eigenvalue weighted by molar-refractivity contribution is 0.281. The zero-order valence-corrected chi connectivity index (χ0v) is 14.5. The van der Waals surface area contributed by atoms with E-state index >= 15 is 0 Å². The molecule has 0 fully saturated rings. The molecule has 0 spiro atoms. The normalized spacial score (nSPS) is 18.9. The van der Waals surface area contributed by atoms with E-state index in [9.17, 15) is 10.2 Å². The highest BCUT2D eigenvalue weighted by atomic mass is 32.2. The maximum Gasteiger partial charge on any atom is 0.0852 e. The largest absolute Gasteiger partial charge is 0.399 e. The van der Waals surface area contributed by atoms with Crippen molar-refractivity contribution in [3.8, 4) is 0 Å². The molecule has 0 aromatic heterocycles. The third kappa shape index (κ3) is 4.45. The van der Waals surface area contributed by atoms with Gasteiger partial charge in [-0.05, 0) is 29.8 Å². The molecule has 2 rings (SSSR count). The second-order valence-corrected chi connectivity index (χ2v) is 7.15. The van der Waals surface area contributed by atoms with E-state index in [1.165, 1.54) is 0 Å². The van der Waals surface area contributed by atoms with E-state index in [4.69, 9.17) is 10.8 Å². The Hall–Kier alpha value is -1.67. The number of hydrogen-bond donors (Lipinski definition) is 4. The summed E-state index contributed by atoms with van der Waals surface area (Å²) < 4.78 is 0. The molecule has 0 aliphatic carbocycles. The van der Waals surface area contributed by atoms with Crippen LogP contribution in [0, 0.1) is 0 Å². The topological polar surface area (TPSA) is 102 Å². The van der Waals surface area contributed by atoms with Crippen LogP contribution in [0.4, 0.5) is 11.4 Å². The molecule has 1 aromatic carbocycles. The van der Waals surface area contributed by atoms with Crippen molar-refractivity contribution >= 4 is 38.3 Å². The Labute approximate surface area is 144 Å². The number of aliphatic hydroxyl groups is 3. The molecule has 24 heavy (non-hydrogen) atoms. The van der Waals surface area contributed by atoms with Crippen LogP contribution < -0.4 is 10.6 Å². The predicted molar refractivity (Wildman–Crippen MR) is 104 cm³/mol. The number of hydrogen-bond acceptors (Lipinski definition) is 6. The van der Waals surface area contributed by atoms with Crippen molar-refractivity contribution in [2.24, 2.45) is 4.99 Å². The van der Waals surface area contributed by atoms with Crippen molar-refractivity contribution in [2.75, 3.05) is 55.8 Å². The number of nitrogens with zero attached hydrogens (tertiary/aromatic N) is 2. The first-order valence-corrected chi connectivity index (χ1v) is 9.40. The van der Waals surface area contributed by atoms with Gasteiger partial charge in [-0.1, -0.05) is 5.87 Å². The summed E-state index contributed by atoms with van der Waals surface area (Å²) in [5.74, 6) is 4.93. The Morgan fingerprint density at radius 1 is 1.17 bits per heavy atom. The van der Waals surface area contributed by atoms with Gasteiger partial charge in [0.15, 0.2) is 0 Å². The third-order valence-corrected chi connectivity index (χ3v) is 5.24. The monoisotopic (exact) mass is 351 g/mol. The number of aliphatic imine (C=N–C) groups is 1. The fraction of sp³-hybridized carbons (Fsp3) is 0.412. The molecule has 1 aromatic rings. The predicted octanol–water partition coefficient (Wildman–Crippen LogP) is 0.548. The van der Waals surface area contributed by atoms with Crippen LogP contribution in [0.1, 0.15) is 5.56 Å². The van der Waals surface area contributed by atoms with Crippen molar-refractivity contribution in [1.29, 1.82) is 0 Å². The minimum atomic E-state index is -0.240. The molecule has 1 aliphatic rings. The number of rotatable bonds is 8. The summed E-state index contributed by atoms with van der Waals surface area (Å²) in [7, 11) is -0.240. The molecule has 1 heterocycles. The molecule has 1 unspecified atom stereocenters.